The first-order valence-corrected chi connectivity index (χ1v) is 9.66. The molecule has 1 amide bonds. The predicted molar refractivity (Wildman–Crippen MR) is 107 cm³/mol. The molecular formula is C22H21FN4O. The molecule has 4 aromatic rings. The van der Waals surface area contributed by atoms with Crippen LogP contribution in [0.4, 0.5) is 4.39 Å². The van der Waals surface area contributed by atoms with E-state index in [0.29, 0.717) is 11.6 Å². The molecule has 2 N–H and O–H groups in total. The molecule has 28 heavy (non-hydrogen) atoms. The van der Waals surface area contributed by atoms with Crippen LogP contribution in [0.15, 0.2) is 48.7 Å². The van der Waals surface area contributed by atoms with Crippen LogP contribution in [-0.4, -0.2) is 39.1 Å². The van der Waals surface area contributed by atoms with E-state index in [-0.39, 0.29) is 11.7 Å². The zero-order valence-corrected chi connectivity index (χ0v) is 15.4. The maximum absolute atomic E-state index is 13.1. The highest BCUT2D eigenvalue weighted by molar-refractivity contribution is 6.08. The first-order chi connectivity index (χ1) is 13.7. The number of likely N-dealkylation sites (tertiary alicyclic amines) is 1. The molecule has 0 unspecified atom stereocenters. The van der Waals surface area contributed by atoms with E-state index < -0.39 is 0 Å². The topological polar surface area (TPSA) is 64.8 Å². The summed E-state index contributed by atoms with van der Waals surface area (Å²) in [5.41, 5.74) is 3.66. The number of rotatable bonds is 3. The van der Waals surface area contributed by atoms with Crippen LogP contribution >= 0.6 is 0 Å². The van der Waals surface area contributed by atoms with E-state index in [4.69, 9.17) is 0 Å². The number of nitrogens with zero attached hydrogens (tertiary/aromatic N) is 2. The Kier molecular flexibility index (Phi) is 4.11. The van der Waals surface area contributed by atoms with E-state index in [1.54, 1.807) is 6.20 Å². The highest BCUT2D eigenvalue weighted by Crippen LogP contribution is 2.26. The maximum atomic E-state index is 13.1. The quantitative estimate of drug-likeness (QED) is 0.561. The summed E-state index contributed by atoms with van der Waals surface area (Å²) in [5, 5.41) is 9.12. The SMILES string of the molecule is O=C(c1cc2c(ccc3cn[nH]c32)[nH]1)N1CCC(Cc2ccc(F)cc2)CC1. The summed E-state index contributed by atoms with van der Waals surface area (Å²) < 4.78 is 13.1. The molecule has 0 radical (unpaired) electrons. The maximum Gasteiger partial charge on any atom is 0.270 e. The first-order valence-electron chi connectivity index (χ1n) is 9.66. The van der Waals surface area contributed by atoms with Gasteiger partial charge in [-0.1, -0.05) is 12.1 Å². The molecule has 0 spiro atoms. The fourth-order valence-electron chi connectivity index (χ4n) is 4.20. The molecule has 0 aliphatic carbocycles. The van der Waals surface area contributed by atoms with Gasteiger partial charge in [-0.15, -0.1) is 0 Å². The number of hydrogen-bond acceptors (Lipinski definition) is 2. The Morgan fingerprint density at radius 2 is 1.93 bits per heavy atom. The number of carbonyl (C=O) groups excluding carboxylic acids is 1. The van der Waals surface area contributed by atoms with Gasteiger partial charge in [0.25, 0.3) is 5.91 Å². The van der Waals surface area contributed by atoms with E-state index in [2.05, 4.69) is 15.2 Å². The molecule has 1 saturated heterocycles. The summed E-state index contributed by atoms with van der Waals surface area (Å²) in [4.78, 5) is 18.2. The highest BCUT2D eigenvalue weighted by atomic mass is 19.1. The van der Waals surface area contributed by atoms with Gasteiger partial charge in [0.15, 0.2) is 0 Å². The number of benzene rings is 2. The number of halogens is 1. The molecule has 5 rings (SSSR count). The van der Waals surface area contributed by atoms with Crippen LogP contribution < -0.4 is 0 Å². The third-order valence-electron chi connectivity index (χ3n) is 5.79. The Labute approximate surface area is 161 Å². The Morgan fingerprint density at radius 1 is 1.14 bits per heavy atom. The molecule has 1 fully saturated rings. The average molecular weight is 376 g/mol. The second-order valence-electron chi connectivity index (χ2n) is 7.61. The molecule has 3 heterocycles. The van der Waals surface area contributed by atoms with Crippen LogP contribution in [0, 0.1) is 11.7 Å². The lowest BCUT2D eigenvalue weighted by atomic mass is 9.90. The van der Waals surface area contributed by atoms with E-state index in [1.807, 2.05) is 35.2 Å². The van der Waals surface area contributed by atoms with E-state index in [1.165, 1.54) is 12.1 Å². The van der Waals surface area contributed by atoms with Gasteiger partial charge < -0.3 is 9.88 Å². The van der Waals surface area contributed by atoms with Gasteiger partial charge in [-0.05, 0) is 61.1 Å². The number of nitrogens with one attached hydrogen (secondary N) is 2. The molecule has 142 valence electrons. The van der Waals surface area contributed by atoms with Gasteiger partial charge in [0.05, 0.1) is 11.7 Å². The van der Waals surface area contributed by atoms with Crippen molar-refractivity contribution in [1.29, 1.82) is 0 Å². The van der Waals surface area contributed by atoms with E-state index >= 15 is 0 Å². The molecule has 6 heteroatoms. The molecule has 1 aliphatic heterocycles. The molecule has 2 aromatic carbocycles. The lowest BCUT2D eigenvalue weighted by Crippen LogP contribution is -2.39. The summed E-state index contributed by atoms with van der Waals surface area (Å²) in [5.74, 6) is 0.376. The van der Waals surface area contributed by atoms with Crippen molar-refractivity contribution in [2.75, 3.05) is 13.1 Å². The zero-order chi connectivity index (χ0) is 19.1. The van der Waals surface area contributed by atoms with Crippen LogP contribution in [0.3, 0.4) is 0 Å². The Balaban J connectivity index is 1.28. The predicted octanol–water partition coefficient (Wildman–Crippen LogP) is 4.28. The lowest BCUT2D eigenvalue weighted by Gasteiger charge is -2.31. The fourth-order valence-corrected chi connectivity index (χ4v) is 4.20. The van der Waals surface area contributed by atoms with Gasteiger partial charge in [0.2, 0.25) is 0 Å². The number of amides is 1. The van der Waals surface area contributed by atoms with Crippen LogP contribution in [0.2, 0.25) is 0 Å². The summed E-state index contributed by atoms with van der Waals surface area (Å²) >= 11 is 0. The Bertz CT molecular complexity index is 1140. The van der Waals surface area contributed by atoms with Crippen molar-refractivity contribution in [3.05, 3.63) is 65.7 Å². The number of aromatic nitrogens is 3. The van der Waals surface area contributed by atoms with E-state index in [9.17, 15) is 9.18 Å². The van der Waals surface area contributed by atoms with Gasteiger partial charge in [0.1, 0.15) is 11.5 Å². The molecular weight excluding hydrogens is 355 g/mol. The molecule has 0 bridgehead atoms. The molecule has 0 saturated carbocycles. The average Bonchev–Trinajstić information content (AvgIpc) is 3.36. The summed E-state index contributed by atoms with van der Waals surface area (Å²) in [6.45, 7) is 1.50. The number of carbonyl (C=O) groups is 1. The Morgan fingerprint density at radius 3 is 2.71 bits per heavy atom. The number of fused-ring (bicyclic) bond motifs is 3. The molecule has 1 aliphatic rings. The third kappa shape index (κ3) is 3.05. The number of aromatic amines is 2. The third-order valence-corrected chi connectivity index (χ3v) is 5.79. The monoisotopic (exact) mass is 376 g/mol. The van der Waals surface area contributed by atoms with Crippen LogP contribution in [0.5, 0.6) is 0 Å². The summed E-state index contributed by atoms with van der Waals surface area (Å²) in [7, 11) is 0. The second-order valence-corrected chi connectivity index (χ2v) is 7.61. The normalized spacial score (nSPS) is 15.5. The van der Waals surface area contributed by atoms with Crippen LogP contribution in [0.1, 0.15) is 28.9 Å². The van der Waals surface area contributed by atoms with Crippen molar-refractivity contribution in [3.8, 4) is 0 Å². The van der Waals surface area contributed by atoms with Crippen molar-refractivity contribution < 1.29 is 9.18 Å². The van der Waals surface area contributed by atoms with Crippen LogP contribution in [-0.2, 0) is 6.42 Å². The van der Waals surface area contributed by atoms with Gasteiger partial charge in [-0.3, -0.25) is 9.89 Å². The summed E-state index contributed by atoms with van der Waals surface area (Å²) in [6, 6.07) is 12.6. The fraction of sp³-hybridized carbons (Fsp3) is 0.273. The van der Waals surface area contributed by atoms with Gasteiger partial charge in [0, 0.05) is 29.4 Å². The Hall–Kier alpha value is -3.15. The minimum absolute atomic E-state index is 0.0455. The molecule has 2 aromatic heterocycles. The zero-order valence-electron chi connectivity index (χ0n) is 15.4. The van der Waals surface area contributed by atoms with Crippen LogP contribution in [0.25, 0.3) is 21.8 Å². The first kappa shape index (κ1) is 17.0. The molecule has 5 nitrogen and oxygen atoms in total. The highest BCUT2D eigenvalue weighted by Gasteiger charge is 2.25. The largest absolute Gasteiger partial charge is 0.350 e. The van der Waals surface area contributed by atoms with Crippen molar-refractivity contribution in [1.82, 2.24) is 20.1 Å². The smallest absolute Gasteiger partial charge is 0.270 e. The van der Waals surface area contributed by atoms with Crippen molar-refractivity contribution in [2.24, 2.45) is 5.92 Å². The van der Waals surface area contributed by atoms with Crippen molar-refractivity contribution in [2.45, 2.75) is 19.3 Å². The van der Waals surface area contributed by atoms with Crippen molar-refractivity contribution >= 4 is 27.7 Å². The van der Waals surface area contributed by atoms with Gasteiger partial charge >= 0.3 is 0 Å². The number of H-pyrrole nitrogens is 2. The summed E-state index contributed by atoms with van der Waals surface area (Å²) in [6.07, 6.45) is 4.66. The minimum Gasteiger partial charge on any atom is -0.350 e. The number of hydrogen-bond donors (Lipinski definition) is 2. The van der Waals surface area contributed by atoms with Gasteiger partial charge in [-0.25, -0.2) is 4.39 Å². The molecule has 0 atom stereocenters. The second kappa shape index (κ2) is 6.78. The van der Waals surface area contributed by atoms with Crippen molar-refractivity contribution in [3.63, 3.8) is 0 Å². The van der Waals surface area contributed by atoms with E-state index in [0.717, 1.165) is 59.7 Å². The standard InChI is InChI=1S/C22H21FN4O/c23-17-4-1-14(2-5-17)11-15-7-9-27(10-8-15)22(28)20-12-18-19(25-20)6-3-16-13-24-26-21(16)18/h1-6,12-13,15,25H,7-11H2,(H,24,26). The lowest BCUT2D eigenvalue weighted by molar-refractivity contribution is 0.0685. The van der Waals surface area contributed by atoms with Gasteiger partial charge in [-0.2, -0.15) is 5.10 Å². The minimum atomic E-state index is -0.199. The number of piperidine rings is 1.